The van der Waals surface area contributed by atoms with Gasteiger partial charge in [0, 0.05) is 0 Å². The summed E-state index contributed by atoms with van der Waals surface area (Å²) in [6, 6.07) is 0. The summed E-state index contributed by atoms with van der Waals surface area (Å²) in [6.45, 7) is 14.9. The standard InChI is InChI=1S/C28H48O/c1-18(2)8-7-9-19(3)22-12-13-24-21-10-11-23-20(4)26(29)15-17-28(23,6)25(21)14-16-27(22,24)5/h10,18-20,22-26,29H,7-9,11-17H2,1-6H3/t19-,20?,22-,23?,24+,25+,26?,27-,28+/m1/s1. The average Bonchev–Trinajstić information content (AvgIpc) is 3.02. The predicted octanol–water partition coefficient (Wildman–Crippen LogP) is 7.63. The van der Waals surface area contributed by atoms with Gasteiger partial charge in [-0.15, -0.1) is 0 Å². The molecular weight excluding hydrogens is 352 g/mol. The fourth-order valence-electron chi connectivity index (χ4n) is 8.97. The molecule has 0 saturated heterocycles. The maximum Gasteiger partial charge on any atom is 0.0568 e. The van der Waals surface area contributed by atoms with Crippen LogP contribution in [0.3, 0.4) is 0 Å². The van der Waals surface area contributed by atoms with Crippen LogP contribution in [-0.4, -0.2) is 11.2 Å². The fourth-order valence-corrected chi connectivity index (χ4v) is 8.97. The lowest BCUT2D eigenvalue weighted by atomic mass is 9.46. The third-order valence-electron chi connectivity index (χ3n) is 10.8. The summed E-state index contributed by atoms with van der Waals surface area (Å²) in [4.78, 5) is 0. The Morgan fingerprint density at radius 2 is 1.66 bits per heavy atom. The van der Waals surface area contributed by atoms with Crippen molar-refractivity contribution in [2.24, 2.45) is 52.3 Å². The van der Waals surface area contributed by atoms with E-state index in [1.54, 1.807) is 0 Å². The molecule has 166 valence electrons. The van der Waals surface area contributed by atoms with Gasteiger partial charge >= 0.3 is 0 Å². The lowest BCUT2D eigenvalue weighted by Crippen LogP contribution is -2.52. The van der Waals surface area contributed by atoms with Gasteiger partial charge in [-0.2, -0.15) is 0 Å². The van der Waals surface area contributed by atoms with E-state index in [2.05, 4.69) is 47.6 Å². The molecule has 0 bridgehead atoms. The number of hydrogen-bond donors (Lipinski definition) is 1. The van der Waals surface area contributed by atoms with Crippen molar-refractivity contribution in [1.29, 1.82) is 0 Å². The summed E-state index contributed by atoms with van der Waals surface area (Å²) >= 11 is 0. The van der Waals surface area contributed by atoms with Crippen LogP contribution in [0.2, 0.25) is 0 Å². The van der Waals surface area contributed by atoms with E-state index >= 15 is 0 Å². The topological polar surface area (TPSA) is 20.2 Å². The van der Waals surface area contributed by atoms with Gasteiger partial charge in [0.1, 0.15) is 0 Å². The molecule has 4 aliphatic rings. The number of fused-ring (bicyclic) bond motifs is 5. The summed E-state index contributed by atoms with van der Waals surface area (Å²) in [6.07, 6.45) is 16.1. The summed E-state index contributed by atoms with van der Waals surface area (Å²) < 4.78 is 0. The molecule has 4 rings (SSSR count). The molecular formula is C28H48O. The zero-order chi connectivity index (χ0) is 21.0. The molecule has 3 saturated carbocycles. The van der Waals surface area contributed by atoms with Crippen molar-refractivity contribution in [3.05, 3.63) is 11.6 Å². The zero-order valence-electron chi connectivity index (χ0n) is 20.2. The predicted molar refractivity (Wildman–Crippen MR) is 124 cm³/mol. The van der Waals surface area contributed by atoms with Crippen molar-refractivity contribution in [3.8, 4) is 0 Å². The minimum absolute atomic E-state index is 0.0700. The Morgan fingerprint density at radius 3 is 2.38 bits per heavy atom. The summed E-state index contributed by atoms with van der Waals surface area (Å²) in [5.41, 5.74) is 2.85. The molecule has 0 aliphatic heterocycles. The van der Waals surface area contributed by atoms with Gasteiger partial charge < -0.3 is 5.11 Å². The smallest absolute Gasteiger partial charge is 0.0568 e. The van der Waals surface area contributed by atoms with Crippen LogP contribution in [0.5, 0.6) is 0 Å². The summed E-state index contributed by atoms with van der Waals surface area (Å²) in [7, 11) is 0. The molecule has 1 N–H and O–H groups in total. The van der Waals surface area contributed by atoms with Gasteiger partial charge in [0.2, 0.25) is 0 Å². The molecule has 29 heavy (non-hydrogen) atoms. The van der Waals surface area contributed by atoms with Crippen LogP contribution < -0.4 is 0 Å². The highest BCUT2D eigenvalue weighted by Crippen LogP contribution is 2.67. The molecule has 3 unspecified atom stereocenters. The molecule has 0 heterocycles. The highest BCUT2D eigenvalue weighted by molar-refractivity contribution is 5.28. The molecule has 3 fully saturated rings. The van der Waals surface area contributed by atoms with Crippen LogP contribution in [0.4, 0.5) is 0 Å². The lowest BCUT2D eigenvalue weighted by molar-refractivity contribution is -0.0773. The molecule has 1 heteroatoms. The molecule has 9 atom stereocenters. The Labute approximate surface area is 181 Å². The average molecular weight is 401 g/mol. The van der Waals surface area contributed by atoms with E-state index in [-0.39, 0.29) is 6.10 Å². The Balaban J connectivity index is 1.52. The van der Waals surface area contributed by atoms with E-state index in [9.17, 15) is 5.11 Å². The number of allylic oxidation sites excluding steroid dienone is 2. The lowest BCUT2D eigenvalue weighted by Gasteiger charge is -2.59. The van der Waals surface area contributed by atoms with Gasteiger partial charge in [-0.3, -0.25) is 0 Å². The summed E-state index contributed by atoms with van der Waals surface area (Å²) in [5.74, 6) is 5.47. The van der Waals surface area contributed by atoms with Crippen LogP contribution in [-0.2, 0) is 0 Å². The maximum absolute atomic E-state index is 10.5. The van der Waals surface area contributed by atoms with Gasteiger partial charge in [0.05, 0.1) is 6.10 Å². The van der Waals surface area contributed by atoms with Crippen molar-refractivity contribution in [2.75, 3.05) is 0 Å². The Bertz CT molecular complexity index is 620. The minimum Gasteiger partial charge on any atom is -0.393 e. The van der Waals surface area contributed by atoms with E-state index in [0.717, 1.165) is 36.0 Å². The first-order chi connectivity index (χ1) is 13.7. The quantitative estimate of drug-likeness (QED) is 0.470. The van der Waals surface area contributed by atoms with Crippen LogP contribution >= 0.6 is 0 Å². The molecule has 0 aromatic heterocycles. The van der Waals surface area contributed by atoms with E-state index in [4.69, 9.17) is 0 Å². The van der Waals surface area contributed by atoms with Crippen molar-refractivity contribution in [3.63, 3.8) is 0 Å². The molecule has 1 nitrogen and oxygen atoms in total. The van der Waals surface area contributed by atoms with Crippen LogP contribution in [0.25, 0.3) is 0 Å². The third-order valence-corrected chi connectivity index (χ3v) is 10.8. The Hall–Kier alpha value is -0.300. The van der Waals surface area contributed by atoms with Crippen LogP contribution in [0, 0.1) is 52.3 Å². The first-order valence-corrected chi connectivity index (χ1v) is 13.1. The molecule has 0 spiro atoms. The Kier molecular flexibility index (Phi) is 6.04. The van der Waals surface area contributed by atoms with Crippen LogP contribution in [0.1, 0.15) is 106 Å². The van der Waals surface area contributed by atoms with Crippen molar-refractivity contribution in [1.82, 2.24) is 0 Å². The van der Waals surface area contributed by atoms with Crippen molar-refractivity contribution < 1.29 is 5.11 Å². The molecule has 0 amide bonds. The normalized spacial score (nSPS) is 47.9. The number of rotatable bonds is 5. The van der Waals surface area contributed by atoms with Gasteiger partial charge in [-0.1, -0.05) is 72.5 Å². The monoisotopic (exact) mass is 400 g/mol. The van der Waals surface area contributed by atoms with E-state index in [0.29, 0.717) is 22.7 Å². The number of aliphatic hydroxyl groups excluding tert-OH is 1. The first kappa shape index (κ1) is 21.9. The zero-order valence-corrected chi connectivity index (χ0v) is 20.2. The van der Waals surface area contributed by atoms with Gasteiger partial charge in [-0.05, 0) is 97.2 Å². The summed E-state index contributed by atoms with van der Waals surface area (Å²) in [5, 5.41) is 10.5. The molecule has 4 aliphatic carbocycles. The second kappa shape index (κ2) is 7.99. The van der Waals surface area contributed by atoms with Gasteiger partial charge in [0.15, 0.2) is 0 Å². The minimum atomic E-state index is -0.0700. The third kappa shape index (κ3) is 3.56. The highest BCUT2D eigenvalue weighted by atomic mass is 16.3. The Morgan fingerprint density at radius 1 is 0.966 bits per heavy atom. The number of hydrogen-bond acceptors (Lipinski definition) is 1. The van der Waals surface area contributed by atoms with Crippen molar-refractivity contribution >= 4 is 0 Å². The second-order valence-corrected chi connectivity index (χ2v) is 12.7. The molecule has 0 aromatic carbocycles. The van der Waals surface area contributed by atoms with Gasteiger partial charge in [0.25, 0.3) is 0 Å². The first-order valence-electron chi connectivity index (χ1n) is 13.1. The van der Waals surface area contributed by atoms with E-state index in [1.807, 2.05) is 5.57 Å². The van der Waals surface area contributed by atoms with Gasteiger partial charge in [-0.25, -0.2) is 0 Å². The highest BCUT2D eigenvalue weighted by Gasteiger charge is 2.59. The SMILES string of the molecule is CC(C)CCC[C@@H](C)[C@H]1CC[C@H]2C3=CCC4C(C)C(O)CC[C@]4(C)[C@H]3CC[C@]12C. The molecule has 0 aromatic rings. The molecule has 0 radical (unpaired) electrons. The number of aliphatic hydroxyl groups is 1. The maximum atomic E-state index is 10.5. The van der Waals surface area contributed by atoms with Crippen LogP contribution in [0.15, 0.2) is 11.6 Å². The second-order valence-electron chi connectivity index (χ2n) is 12.7. The van der Waals surface area contributed by atoms with Crippen molar-refractivity contribution in [2.45, 2.75) is 112 Å². The van der Waals surface area contributed by atoms with E-state index < -0.39 is 0 Å². The largest absolute Gasteiger partial charge is 0.393 e. The van der Waals surface area contributed by atoms with E-state index in [1.165, 1.54) is 57.8 Å². The fraction of sp³-hybridized carbons (Fsp3) is 0.929.